The van der Waals surface area contributed by atoms with E-state index in [0.717, 1.165) is 6.42 Å². The van der Waals surface area contributed by atoms with Crippen LogP contribution in [0, 0.1) is 0 Å². The van der Waals surface area contributed by atoms with Crippen LogP contribution >= 0.6 is 12.2 Å². The normalized spacial score (nSPS) is 10.3. The largest absolute Gasteiger partial charge is 0.490 e. The minimum absolute atomic E-state index is 0.264. The van der Waals surface area contributed by atoms with Crippen LogP contribution in [0.3, 0.4) is 0 Å². The van der Waals surface area contributed by atoms with Crippen molar-refractivity contribution < 1.29 is 4.74 Å². The van der Waals surface area contributed by atoms with Gasteiger partial charge in [0.05, 0.1) is 7.11 Å². The van der Waals surface area contributed by atoms with Gasteiger partial charge in [-0.25, -0.2) is 0 Å². The lowest BCUT2D eigenvalue weighted by molar-refractivity contribution is 0.399. The Morgan fingerprint density at radius 2 is 1.39 bits per heavy atom. The third-order valence-electron chi connectivity index (χ3n) is 3.00. The lowest BCUT2D eigenvalue weighted by Gasteiger charge is -2.18. The molecule has 0 radical (unpaired) electrons. The molecular weight excluding hydrogens is 240 g/mol. The molecule has 1 nitrogen and oxygen atoms in total. The molecule has 0 saturated carbocycles. The van der Waals surface area contributed by atoms with Crippen molar-refractivity contribution in [2.75, 3.05) is 7.11 Å². The molecule has 0 bridgehead atoms. The van der Waals surface area contributed by atoms with Gasteiger partial charge in [-0.15, -0.1) is 0 Å². The molecule has 0 spiro atoms. The molecule has 2 heteroatoms. The summed E-state index contributed by atoms with van der Waals surface area (Å²) in [4.78, 5) is 0. The Bertz CT molecular complexity index is 454. The van der Waals surface area contributed by atoms with E-state index in [-0.39, 0.29) is 5.92 Å². The van der Waals surface area contributed by atoms with Crippen LogP contribution in [-0.4, -0.2) is 12.2 Å². The molecule has 0 amide bonds. The van der Waals surface area contributed by atoms with Gasteiger partial charge in [-0.2, -0.15) is 0 Å². The fourth-order valence-corrected chi connectivity index (χ4v) is 2.22. The van der Waals surface area contributed by atoms with E-state index in [4.69, 9.17) is 17.0 Å². The topological polar surface area (TPSA) is 9.23 Å². The van der Waals surface area contributed by atoms with Gasteiger partial charge in [-0.05, 0) is 23.3 Å². The van der Waals surface area contributed by atoms with E-state index in [0.29, 0.717) is 5.05 Å². The van der Waals surface area contributed by atoms with Crippen LogP contribution in [0.4, 0.5) is 0 Å². The molecule has 0 aromatic heterocycles. The zero-order valence-electron chi connectivity index (χ0n) is 10.4. The van der Waals surface area contributed by atoms with Crippen LogP contribution < -0.4 is 0 Å². The van der Waals surface area contributed by atoms with E-state index >= 15 is 0 Å². The molecule has 0 aliphatic heterocycles. The zero-order valence-corrected chi connectivity index (χ0v) is 11.2. The SMILES string of the molecule is COC(=S)CC(c1ccccc1)c1ccccc1. The summed E-state index contributed by atoms with van der Waals surface area (Å²) >= 11 is 5.21. The van der Waals surface area contributed by atoms with Gasteiger partial charge in [-0.1, -0.05) is 60.7 Å². The lowest BCUT2D eigenvalue weighted by Crippen LogP contribution is -2.08. The van der Waals surface area contributed by atoms with Gasteiger partial charge in [0.25, 0.3) is 0 Å². The van der Waals surface area contributed by atoms with E-state index in [1.165, 1.54) is 11.1 Å². The monoisotopic (exact) mass is 256 g/mol. The lowest BCUT2D eigenvalue weighted by atomic mass is 9.89. The van der Waals surface area contributed by atoms with Gasteiger partial charge in [0.15, 0.2) is 5.05 Å². The van der Waals surface area contributed by atoms with E-state index in [1.807, 2.05) is 12.1 Å². The van der Waals surface area contributed by atoms with Gasteiger partial charge in [-0.3, -0.25) is 0 Å². The Morgan fingerprint density at radius 1 is 0.944 bits per heavy atom. The summed E-state index contributed by atoms with van der Waals surface area (Å²) in [5.74, 6) is 0.264. The molecular formula is C16H16OS. The second-order valence-electron chi connectivity index (χ2n) is 4.15. The fourth-order valence-electron chi connectivity index (χ4n) is 2.05. The van der Waals surface area contributed by atoms with Crippen LogP contribution in [0.15, 0.2) is 60.7 Å². The number of benzene rings is 2. The van der Waals surface area contributed by atoms with Crippen molar-refractivity contribution in [1.29, 1.82) is 0 Å². The minimum Gasteiger partial charge on any atom is -0.490 e. The third kappa shape index (κ3) is 3.17. The highest BCUT2D eigenvalue weighted by Crippen LogP contribution is 2.28. The third-order valence-corrected chi connectivity index (χ3v) is 3.34. The first-order valence-electron chi connectivity index (χ1n) is 5.98. The van der Waals surface area contributed by atoms with E-state index in [9.17, 15) is 0 Å². The van der Waals surface area contributed by atoms with Crippen molar-refractivity contribution in [3.63, 3.8) is 0 Å². The maximum Gasteiger partial charge on any atom is 0.160 e. The molecule has 0 atom stereocenters. The summed E-state index contributed by atoms with van der Waals surface area (Å²) in [6.07, 6.45) is 0.736. The van der Waals surface area contributed by atoms with Crippen LogP contribution in [0.2, 0.25) is 0 Å². The van der Waals surface area contributed by atoms with Crippen LogP contribution in [0.1, 0.15) is 23.5 Å². The van der Waals surface area contributed by atoms with E-state index < -0.39 is 0 Å². The molecule has 0 aliphatic rings. The van der Waals surface area contributed by atoms with Gasteiger partial charge >= 0.3 is 0 Å². The number of hydrogen-bond donors (Lipinski definition) is 0. The van der Waals surface area contributed by atoms with Crippen molar-refractivity contribution in [2.24, 2.45) is 0 Å². The number of hydrogen-bond acceptors (Lipinski definition) is 2. The predicted octanol–water partition coefficient (Wildman–Crippen LogP) is 4.18. The van der Waals surface area contributed by atoms with E-state index in [1.54, 1.807) is 7.11 Å². The first-order chi connectivity index (χ1) is 8.81. The summed E-state index contributed by atoms with van der Waals surface area (Å²) < 4.78 is 5.16. The van der Waals surface area contributed by atoms with Crippen molar-refractivity contribution >= 4 is 17.3 Å². The average molecular weight is 256 g/mol. The molecule has 0 fully saturated rings. The molecule has 2 aromatic rings. The Hall–Kier alpha value is -1.67. The molecule has 2 rings (SSSR count). The zero-order chi connectivity index (χ0) is 12.8. The number of methoxy groups -OCH3 is 1. The van der Waals surface area contributed by atoms with Crippen molar-refractivity contribution in [1.82, 2.24) is 0 Å². The molecule has 0 unspecified atom stereocenters. The van der Waals surface area contributed by atoms with Crippen LogP contribution in [0.5, 0.6) is 0 Å². The maximum absolute atomic E-state index is 5.21. The number of thiocarbonyl (C=S) groups is 1. The molecule has 2 aromatic carbocycles. The quantitative estimate of drug-likeness (QED) is 0.759. The summed E-state index contributed by atoms with van der Waals surface area (Å²) in [5.41, 5.74) is 2.53. The highest BCUT2D eigenvalue weighted by Gasteiger charge is 2.16. The Kier molecular flexibility index (Phi) is 4.48. The summed E-state index contributed by atoms with van der Waals surface area (Å²) in [7, 11) is 1.63. The highest BCUT2D eigenvalue weighted by atomic mass is 32.1. The summed E-state index contributed by atoms with van der Waals surface area (Å²) in [6.45, 7) is 0. The molecule has 0 aliphatic carbocycles. The van der Waals surface area contributed by atoms with Crippen LogP contribution in [-0.2, 0) is 4.74 Å². The molecule has 92 valence electrons. The smallest absolute Gasteiger partial charge is 0.160 e. The number of rotatable bonds is 4. The van der Waals surface area contributed by atoms with Gasteiger partial charge in [0.1, 0.15) is 0 Å². The van der Waals surface area contributed by atoms with Crippen molar-refractivity contribution in [3.05, 3.63) is 71.8 Å². The summed E-state index contributed by atoms with van der Waals surface area (Å²) in [5, 5.41) is 0.646. The average Bonchev–Trinajstić information content (AvgIpc) is 2.46. The maximum atomic E-state index is 5.21. The Morgan fingerprint density at radius 3 is 1.78 bits per heavy atom. The van der Waals surface area contributed by atoms with Gasteiger partial charge in [0.2, 0.25) is 0 Å². The molecule has 0 N–H and O–H groups in total. The van der Waals surface area contributed by atoms with E-state index in [2.05, 4.69) is 48.5 Å². The minimum atomic E-state index is 0.264. The first kappa shape index (κ1) is 12.8. The van der Waals surface area contributed by atoms with Gasteiger partial charge in [0, 0.05) is 12.3 Å². The highest BCUT2D eigenvalue weighted by molar-refractivity contribution is 7.80. The fraction of sp³-hybridized carbons (Fsp3) is 0.188. The standard InChI is InChI=1S/C16H16OS/c1-17-16(18)12-15(13-8-4-2-5-9-13)14-10-6-3-7-11-14/h2-11,15H,12H2,1H3. The first-order valence-corrected chi connectivity index (χ1v) is 6.39. The Balaban J connectivity index is 2.32. The number of ether oxygens (including phenoxy) is 1. The molecule has 0 heterocycles. The van der Waals surface area contributed by atoms with Crippen LogP contribution in [0.25, 0.3) is 0 Å². The Labute approximate surface area is 113 Å². The second-order valence-corrected chi connectivity index (χ2v) is 4.61. The van der Waals surface area contributed by atoms with Crippen molar-refractivity contribution in [3.8, 4) is 0 Å². The molecule has 18 heavy (non-hydrogen) atoms. The molecule has 0 saturated heterocycles. The van der Waals surface area contributed by atoms with Crippen molar-refractivity contribution in [2.45, 2.75) is 12.3 Å². The summed E-state index contributed by atoms with van der Waals surface area (Å²) in [6, 6.07) is 20.8. The van der Waals surface area contributed by atoms with Gasteiger partial charge < -0.3 is 4.74 Å². The predicted molar refractivity (Wildman–Crippen MR) is 79.0 cm³/mol. The second kappa shape index (κ2) is 6.31.